The highest BCUT2D eigenvalue weighted by Crippen LogP contribution is 2.24. The number of anilines is 1. The number of aryl methyl sites for hydroxylation is 1. The molecule has 0 radical (unpaired) electrons. The van der Waals surface area contributed by atoms with Crippen molar-refractivity contribution in [1.82, 2.24) is 14.8 Å². The number of pyridine rings is 1. The minimum absolute atomic E-state index is 0.136. The molecule has 1 unspecified atom stereocenters. The Hall–Kier alpha value is -2.93. The van der Waals surface area contributed by atoms with Gasteiger partial charge in [-0.3, -0.25) is 19.3 Å². The van der Waals surface area contributed by atoms with Crippen LogP contribution in [0.25, 0.3) is 0 Å². The third-order valence-electron chi connectivity index (χ3n) is 5.81. The lowest BCUT2D eigenvalue weighted by molar-refractivity contribution is -0.126. The Bertz CT molecular complexity index is 948. The first-order chi connectivity index (χ1) is 14.0. The van der Waals surface area contributed by atoms with E-state index in [1.54, 1.807) is 24.0 Å². The number of hydrogen-bond acceptors (Lipinski definition) is 4. The van der Waals surface area contributed by atoms with Crippen molar-refractivity contribution in [2.75, 3.05) is 37.6 Å². The summed E-state index contributed by atoms with van der Waals surface area (Å²) in [5, 5.41) is 0. The zero-order valence-corrected chi connectivity index (χ0v) is 16.6. The highest BCUT2D eigenvalue weighted by Gasteiger charge is 2.36. The highest BCUT2D eigenvalue weighted by molar-refractivity contribution is 5.98. The van der Waals surface area contributed by atoms with Crippen LogP contribution in [-0.4, -0.2) is 65.4 Å². The van der Waals surface area contributed by atoms with Crippen LogP contribution >= 0.6 is 0 Å². The molecule has 29 heavy (non-hydrogen) atoms. The van der Waals surface area contributed by atoms with E-state index in [4.69, 9.17) is 0 Å². The fraction of sp³-hybridized carbons (Fsp3) is 0.409. The maximum absolute atomic E-state index is 13.1. The lowest BCUT2D eigenvalue weighted by Crippen LogP contribution is -2.58. The zero-order chi connectivity index (χ0) is 20.4. The molecular formula is C22H26N4O3. The smallest absolute Gasteiger partial charge is 0.260 e. The van der Waals surface area contributed by atoms with Gasteiger partial charge in [0.1, 0.15) is 5.56 Å². The van der Waals surface area contributed by atoms with E-state index < -0.39 is 0 Å². The number of piperazine rings is 1. The number of carbonyl (C=O) groups excluding carboxylic acids is 2. The van der Waals surface area contributed by atoms with Crippen molar-refractivity contribution >= 4 is 17.5 Å². The average molecular weight is 394 g/mol. The van der Waals surface area contributed by atoms with Crippen molar-refractivity contribution in [2.45, 2.75) is 25.8 Å². The van der Waals surface area contributed by atoms with Crippen LogP contribution in [0.4, 0.5) is 5.69 Å². The van der Waals surface area contributed by atoms with Crippen LogP contribution in [0.1, 0.15) is 28.9 Å². The van der Waals surface area contributed by atoms with E-state index in [0.29, 0.717) is 26.2 Å². The number of aromatic amines is 1. The number of piperidine rings is 1. The number of hydrogen-bond donors (Lipinski definition) is 1. The van der Waals surface area contributed by atoms with E-state index in [0.717, 1.165) is 30.8 Å². The molecule has 1 aromatic carbocycles. The van der Waals surface area contributed by atoms with Gasteiger partial charge in [-0.1, -0.05) is 18.2 Å². The first kappa shape index (κ1) is 19.4. The van der Waals surface area contributed by atoms with Crippen molar-refractivity contribution in [3.63, 3.8) is 0 Å². The molecule has 2 amide bonds. The summed E-state index contributed by atoms with van der Waals surface area (Å²) < 4.78 is 0. The first-order valence-electron chi connectivity index (χ1n) is 10.1. The van der Waals surface area contributed by atoms with Gasteiger partial charge in [0.15, 0.2) is 0 Å². The number of nitrogens with zero attached hydrogens (tertiary/aromatic N) is 3. The number of aromatic nitrogens is 1. The molecule has 2 aliphatic heterocycles. The molecule has 0 spiro atoms. The molecule has 7 heteroatoms. The first-order valence-corrected chi connectivity index (χ1v) is 10.1. The van der Waals surface area contributed by atoms with E-state index in [2.05, 4.69) is 9.88 Å². The number of rotatable bonds is 3. The largest absolute Gasteiger partial charge is 0.336 e. The number of amides is 2. The Morgan fingerprint density at radius 3 is 2.38 bits per heavy atom. The van der Waals surface area contributed by atoms with Gasteiger partial charge in [0.25, 0.3) is 11.5 Å². The SMILES string of the molecule is Cc1ccc(C(=O)N2CCN(C3CCCN(c4ccccc4)C3=O)CC2)c(=O)[nH]1. The predicted molar refractivity (Wildman–Crippen MR) is 111 cm³/mol. The monoisotopic (exact) mass is 394 g/mol. The zero-order valence-electron chi connectivity index (χ0n) is 16.6. The molecule has 1 aromatic heterocycles. The van der Waals surface area contributed by atoms with Crippen molar-refractivity contribution in [3.8, 4) is 0 Å². The van der Waals surface area contributed by atoms with Crippen LogP contribution < -0.4 is 10.5 Å². The molecule has 0 bridgehead atoms. The Balaban J connectivity index is 1.41. The third kappa shape index (κ3) is 3.96. The molecule has 0 saturated carbocycles. The van der Waals surface area contributed by atoms with E-state index in [-0.39, 0.29) is 29.0 Å². The van der Waals surface area contributed by atoms with Gasteiger partial charge in [-0.2, -0.15) is 0 Å². The van der Waals surface area contributed by atoms with E-state index in [1.165, 1.54) is 0 Å². The number of carbonyl (C=O) groups is 2. The number of nitrogens with one attached hydrogen (secondary N) is 1. The molecule has 2 saturated heterocycles. The molecule has 4 rings (SSSR count). The summed E-state index contributed by atoms with van der Waals surface area (Å²) in [4.78, 5) is 46.4. The minimum Gasteiger partial charge on any atom is -0.336 e. The van der Waals surface area contributed by atoms with Crippen LogP contribution in [0.5, 0.6) is 0 Å². The molecule has 0 aliphatic carbocycles. The lowest BCUT2D eigenvalue weighted by Gasteiger charge is -2.42. The molecule has 2 aliphatic rings. The van der Waals surface area contributed by atoms with Gasteiger partial charge in [0, 0.05) is 44.1 Å². The van der Waals surface area contributed by atoms with Crippen molar-refractivity contribution in [1.29, 1.82) is 0 Å². The van der Waals surface area contributed by atoms with Crippen molar-refractivity contribution in [3.05, 3.63) is 64.1 Å². The quantitative estimate of drug-likeness (QED) is 0.859. The van der Waals surface area contributed by atoms with E-state index >= 15 is 0 Å². The fourth-order valence-electron chi connectivity index (χ4n) is 4.21. The topological polar surface area (TPSA) is 76.7 Å². The van der Waals surface area contributed by atoms with Crippen molar-refractivity contribution < 1.29 is 9.59 Å². The fourth-order valence-corrected chi connectivity index (χ4v) is 4.21. The van der Waals surface area contributed by atoms with Gasteiger partial charge in [-0.05, 0) is 44.0 Å². The van der Waals surface area contributed by atoms with Crippen LogP contribution in [0.3, 0.4) is 0 Å². The molecule has 2 aromatic rings. The van der Waals surface area contributed by atoms with Crippen molar-refractivity contribution in [2.24, 2.45) is 0 Å². The molecule has 1 N–H and O–H groups in total. The van der Waals surface area contributed by atoms with Gasteiger partial charge >= 0.3 is 0 Å². The van der Waals surface area contributed by atoms with Gasteiger partial charge in [-0.15, -0.1) is 0 Å². The molecular weight excluding hydrogens is 368 g/mol. The molecule has 3 heterocycles. The summed E-state index contributed by atoms with van der Waals surface area (Å²) in [6, 6.07) is 13.0. The second kappa shape index (κ2) is 8.21. The van der Waals surface area contributed by atoms with Gasteiger partial charge in [0.05, 0.1) is 6.04 Å². The summed E-state index contributed by atoms with van der Waals surface area (Å²) >= 11 is 0. The summed E-state index contributed by atoms with van der Waals surface area (Å²) in [6.45, 7) is 4.83. The molecule has 2 fully saturated rings. The summed E-state index contributed by atoms with van der Waals surface area (Å²) in [5.41, 5.74) is 1.50. The van der Waals surface area contributed by atoms with Gasteiger partial charge in [0.2, 0.25) is 5.91 Å². The Morgan fingerprint density at radius 2 is 1.69 bits per heavy atom. The summed E-state index contributed by atoms with van der Waals surface area (Å²) in [6.07, 6.45) is 1.80. The van der Waals surface area contributed by atoms with Crippen LogP contribution in [-0.2, 0) is 4.79 Å². The standard InChI is InChI=1S/C22H26N4O3/c1-16-9-10-18(20(27)23-16)21(28)25-14-12-24(13-15-25)19-8-5-11-26(22(19)29)17-6-3-2-4-7-17/h2-4,6-7,9-10,19H,5,8,11-15H2,1H3,(H,23,27). The maximum Gasteiger partial charge on any atom is 0.260 e. The molecule has 152 valence electrons. The Labute approximate surface area is 169 Å². The predicted octanol–water partition coefficient (Wildman–Crippen LogP) is 1.64. The van der Waals surface area contributed by atoms with Crippen LogP contribution in [0.2, 0.25) is 0 Å². The van der Waals surface area contributed by atoms with Gasteiger partial charge < -0.3 is 14.8 Å². The summed E-state index contributed by atoms with van der Waals surface area (Å²) in [5.74, 6) is -0.107. The Kier molecular flexibility index (Phi) is 5.49. The maximum atomic E-state index is 13.1. The second-order valence-corrected chi connectivity index (χ2v) is 7.70. The Morgan fingerprint density at radius 1 is 0.966 bits per heavy atom. The van der Waals surface area contributed by atoms with Crippen LogP contribution in [0.15, 0.2) is 47.3 Å². The highest BCUT2D eigenvalue weighted by atomic mass is 16.2. The normalized spacial score (nSPS) is 20.7. The van der Waals surface area contributed by atoms with E-state index in [1.807, 2.05) is 35.2 Å². The summed E-state index contributed by atoms with van der Waals surface area (Å²) in [7, 11) is 0. The van der Waals surface area contributed by atoms with Crippen LogP contribution in [0, 0.1) is 6.92 Å². The molecule has 1 atom stereocenters. The average Bonchev–Trinajstić information content (AvgIpc) is 2.74. The minimum atomic E-state index is -0.349. The molecule has 7 nitrogen and oxygen atoms in total. The number of para-hydroxylation sites is 1. The number of H-pyrrole nitrogens is 1. The lowest BCUT2D eigenvalue weighted by atomic mass is 10.0. The van der Waals surface area contributed by atoms with Gasteiger partial charge in [-0.25, -0.2) is 0 Å². The van der Waals surface area contributed by atoms with E-state index in [9.17, 15) is 14.4 Å². The second-order valence-electron chi connectivity index (χ2n) is 7.70. The third-order valence-corrected chi connectivity index (χ3v) is 5.81. The number of benzene rings is 1.